The topological polar surface area (TPSA) is 111 Å². The number of nitrogens with one attached hydrogen (secondary N) is 2. The number of aliphatic hydroxyl groups is 2. The Bertz CT molecular complexity index is 1110. The van der Waals surface area contributed by atoms with Crippen LogP contribution in [-0.2, 0) is 21.6 Å². The fourth-order valence-corrected chi connectivity index (χ4v) is 5.62. The molecule has 2 amide bonds. The van der Waals surface area contributed by atoms with E-state index in [1.54, 1.807) is 12.1 Å². The Hall–Kier alpha value is -3.01. The second-order valence-corrected chi connectivity index (χ2v) is 10.4. The number of aryl methyl sites for hydroxylation is 1. The van der Waals surface area contributed by atoms with E-state index in [9.17, 15) is 14.7 Å². The lowest BCUT2D eigenvalue weighted by Gasteiger charge is -2.43. The number of carbonyl (C=O) groups excluding carboxylic acids is 2. The number of amides is 2. The highest BCUT2D eigenvalue weighted by atomic mass is 19.1. The van der Waals surface area contributed by atoms with Crippen LogP contribution >= 0.6 is 0 Å². The SMILES string of the molecule is CCc1cccc(-c2c(F)cccc2C(O)(CCCNC(=O)OC)[C@H]2CCCN(C(=O)CCCNCCO)C2)c1. The number of hydrogen-bond acceptors (Lipinski definition) is 6. The zero-order valence-electron chi connectivity index (χ0n) is 23.8. The van der Waals surface area contributed by atoms with Crippen LogP contribution in [0, 0.1) is 11.7 Å². The maximum absolute atomic E-state index is 15.6. The van der Waals surface area contributed by atoms with Crippen molar-refractivity contribution in [2.24, 2.45) is 5.92 Å². The Labute approximate surface area is 236 Å². The molecule has 220 valence electrons. The molecule has 2 aromatic rings. The van der Waals surface area contributed by atoms with Gasteiger partial charge < -0.3 is 30.5 Å². The van der Waals surface area contributed by atoms with Crippen molar-refractivity contribution in [3.63, 3.8) is 0 Å². The minimum Gasteiger partial charge on any atom is -0.453 e. The van der Waals surface area contributed by atoms with Gasteiger partial charge in [-0.2, -0.15) is 0 Å². The third kappa shape index (κ3) is 8.25. The largest absolute Gasteiger partial charge is 0.453 e. The van der Waals surface area contributed by atoms with Gasteiger partial charge in [-0.15, -0.1) is 0 Å². The number of piperidine rings is 1. The third-order valence-electron chi connectivity index (χ3n) is 7.78. The molecule has 1 heterocycles. The maximum Gasteiger partial charge on any atom is 0.406 e. The fraction of sp³-hybridized carbons (Fsp3) is 0.548. The highest BCUT2D eigenvalue weighted by Crippen LogP contribution is 2.44. The molecule has 2 aromatic carbocycles. The van der Waals surface area contributed by atoms with E-state index in [-0.39, 0.29) is 24.9 Å². The van der Waals surface area contributed by atoms with Crippen LogP contribution in [0.2, 0.25) is 0 Å². The molecule has 0 spiro atoms. The van der Waals surface area contributed by atoms with Gasteiger partial charge in [0, 0.05) is 44.1 Å². The average Bonchev–Trinajstić information content (AvgIpc) is 2.98. The smallest absolute Gasteiger partial charge is 0.406 e. The number of benzene rings is 2. The summed E-state index contributed by atoms with van der Waals surface area (Å²) in [7, 11) is 1.30. The number of aliphatic hydroxyl groups excluding tert-OH is 1. The third-order valence-corrected chi connectivity index (χ3v) is 7.78. The van der Waals surface area contributed by atoms with E-state index in [2.05, 4.69) is 15.4 Å². The predicted octanol–water partition coefficient (Wildman–Crippen LogP) is 3.98. The van der Waals surface area contributed by atoms with E-state index >= 15 is 4.39 Å². The minimum atomic E-state index is -1.43. The molecule has 1 aliphatic heterocycles. The van der Waals surface area contributed by atoms with Crippen LogP contribution in [0.5, 0.6) is 0 Å². The van der Waals surface area contributed by atoms with Gasteiger partial charge in [-0.25, -0.2) is 9.18 Å². The monoisotopic (exact) mass is 557 g/mol. The number of rotatable bonds is 14. The molecule has 1 aliphatic rings. The van der Waals surface area contributed by atoms with E-state index in [0.29, 0.717) is 75.1 Å². The van der Waals surface area contributed by atoms with Gasteiger partial charge in [-0.05, 0) is 67.8 Å². The lowest BCUT2D eigenvalue weighted by Crippen LogP contribution is -2.48. The van der Waals surface area contributed by atoms with Crippen molar-refractivity contribution < 1.29 is 28.9 Å². The van der Waals surface area contributed by atoms with Crippen LogP contribution in [0.4, 0.5) is 9.18 Å². The van der Waals surface area contributed by atoms with Gasteiger partial charge in [0.1, 0.15) is 5.82 Å². The van der Waals surface area contributed by atoms with Crippen LogP contribution < -0.4 is 10.6 Å². The van der Waals surface area contributed by atoms with Crippen LogP contribution in [0.25, 0.3) is 11.1 Å². The van der Waals surface area contributed by atoms with Crippen LogP contribution in [-0.4, -0.2) is 73.6 Å². The number of ether oxygens (including phenoxy) is 1. The van der Waals surface area contributed by atoms with Gasteiger partial charge in [0.15, 0.2) is 0 Å². The summed E-state index contributed by atoms with van der Waals surface area (Å²) >= 11 is 0. The highest BCUT2D eigenvalue weighted by molar-refractivity contribution is 5.76. The molecule has 0 saturated carbocycles. The van der Waals surface area contributed by atoms with Gasteiger partial charge >= 0.3 is 6.09 Å². The zero-order chi connectivity index (χ0) is 29.0. The number of likely N-dealkylation sites (tertiary alicyclic amines) is 1. The molecule has 1 fully saturated rings. The van der Waals surface area contributed by atoms with Crippen molar-refractivity contribution >= 4 is 12.0 Å². The Morgan fingerprint density at radius 1 is 1.15 bits per heavy atom. The van der Waals surface area contributed by atoms with Crippen molar-refractivity contribution in [2.45, 2.75) is 57.5 Å². The average molecular weight is 558 g/mol. The summed E-state index contributed by atoms with van der Waals surface area (Å²) in [5, 5.41) is 27.2. The molecule has 0 bridgehead atoms. The molecule has 3 rings (SSSR count). The van der Waals surface area contributed by atoms with E-state index in [1.807, 2.05) is 36.1 Å². The first kappa shape index (κ1) is 31.5. The van der Waals surface area contributed by atoms with Crippen molar-refractivity contribution in [3.05, 3.63) is 59.4 Å². The van der Waals surface area contributed by atoms with Crippen molar-refractivity contribution in [3.8, 4) is 11.1 Å². The summed E-state index contributed by atoms with van der Waals surface area (Å²) in [6.45, 7) is 4.52. The number of alkyl carbamates (subject to hydrolysis) is 1. The molecule has 1 unspecified atom stereocenters. The molecule has 4 N–H and O–H groups in total. The molecular weight excluding hydrogens is 513 g/mol. The van der Waals surface area contributed by atoms with Gasteiger partial charge in [-0.1, -0.05) is 43.3 Å². The number of carbonyl (C=O) groups is 2. The van der Waals surface area contributed by atoms with E-state index < -0.39 is 17.5 Å². The standard InChI is InChI=1S/C31H44FN3O5/c1-3-23-9-4-10-24(21-23)29-26(12-5-13-27(29)32)31(39,15-8-17-34-30(38)40-2)25-11-7-19-35(22-25)28(37)14-6-16-33-18-20-36/h4-5,9-10,12-13,21,25,33,36,39H,3,6-8,11,14-20,22H2,1-2H3,(H,34,38)/t25-,31?/m0/s1. The van der Waals surface area contributed by atoms with Crippen molar-refractivity contribution in [1.82, 2.24) is 15.5 Å². The van der Waals surface area contributed by atoms with Crippen LogP contribution in [0.1, 0.15) is 56.6 Å². The van der Waals surface area contributed by atoms with E-state index in [0.717, 1.165) is 18.4 Å². The van der Waals surface area contributed by atoms with Gasteiger partial charge in [-0.3, -0.25) is 4.79 Å². The quantitative estimate of drug-likeness (QED) is 0.262. The summed E-state index contributed by atoms with van der Waals surface area (Å²) in [4.78, 5) is 26.5. The molecular formula is C31H44FN3O5. The summed E-state index contributed by atoms with van der Waals surface area (Å²) < 4.78 is 20.2. The van der Waals surface area contributed by atoms with Crippen molar-refractivity contribution in [2.75, 3.05) is 46.4 Å². The van der Waals surface area contributed by atoms with Crippen molar-refractivity contribution in [1.29, 1.82) is 0 Å². The maximum atomic E-state index is 15.6. The molecule has 0 aromatic heterocycles. The van der Waals surface area contributed by atoms with Gasteiger partial charge in [0.25, 0.3) is 0 Å². The molecule has 0 radical (unpaired) electrons. The second kappa shape index (κ2) is 15.7. The normalized spacial score (nSPS) is 16.8. The van der Waals surface area contributed by atoms with Crippen LogP contribution in [0.3, 0.4) is 0 Å². The number of nitrogens with zero attached hydrogens (tertiary/aromatic N) is 1. The summed E-state index contributed by atoms with van der Waals surface area (Å²) in [5.41, 5.74) is 1.23. The zero-order valence-corrected chi connectivity index (χ0v) is 23.8. The first-order valence-electron chi connectivity index (χ1n) is 14.4. The molecule has 40 heavy (non-hydrogen) atoms. The minimum absolute atomic E-state index is 0.0281. The van der Waals surface area contributed by atoms with Gasteiger partial charge in [0.05, 0.1) is 19.3 Å². The first-order chi connectivity index (χ1) is 19.3. The van der Waals surface area contributed by atoms with E-state index in [4.69, 9.17) is 5.11 Å². The molecule has 9 heteroatoms. The Kier molecular flexibility index (Phi) is 12.4. The first-order valence-corrected chi connectivity index (χ1v) is 14.4. The molecule has 0 aliphatic carbocycles. The Balaban J connectivity index is 1.91. The lowest BCUT2D eigenvalue weighted by molar-refractivity contribution is -0.136. The Morgan fingerprint density at radius 3 is 2.70 bits per heavy atom. The summed E-state index contributed by atoms with van der Waals surface area (Å²) in [6.07, 6.45) is 3.43. The molecule has 2 atom stereocenters. The number of methoxy groups -OCH3 is 1. The number of hydrogen-bond donors (Lipinski definition) is 4. The second-order valence-electron chi connectivity index (χ2n) is 10.4. The summed E-state index contributed by atoms with van der Waals surface area (Å²) in [5.74, 6) is -0.693. The molecule has 1 saturated heterocycles. The predicted molar refractivity (Wildman–Crippen MR) is 153 cm³/mol. The number of halogens is 1. The lowest BCUT2D eigenvalue weighted by atomic mass is 9.72. The fourth-order valence-electron chi connectivity index (χ4n) is 5.62. The Morgan fingerprint density at radius 2 is 1.95 bits per heavy atom. The van der Waals surface area contributed by atoms with E-state index in [1.165, 1.54) is 13.2 Å². The van der Waals surface area contributed by atoms with Gasteiger partial charge in [0.2, 0.25) is 5.91 Å². The molecule has 8 nitrogen and oxygen atoms in total. The summed E-state index contributed by atoms with van der Waals surface area (Å²) in [6, 6.07) is 12.6. The van der Waals surface area contributed by atoms with Crippen LogP contribution in [0.15, 0.2) is 42.5 Å². The highest BCUT2D eigenvalue weighted by Gasteiger charge is 2.43.